The number of rotatable bonds is 8. The first-order valence-electron chi connectivity index (χ1n) is 11.3. The van der Waals surface area contributed by atoms with Crippen molar-refractivity contribution in [1.29, 1.82) is 0 Å². The zero-order chi connectivity index (χ0) is 24.1. The molecule has 1 saturated heterocycles. The Kier molecular flexibility index (Phi) is 11.2. The van der Waals surface area contributed by atoms with Gasteiger partial charge in [-0.2, -0.15) is 0 Å². The summed E-state index contributed by atoms with van der Waals surface area (Å²) in [6, 6.07) is 17.0. The lowest BCUT2D eigenvalue weighted by molar-refractivity contribution is -0.001000. The van der Waals surface area contributed by atoms with E-state index >= 15 is 0 Å². The minimum atomic E-state index is -0.268. The maximum absolute atomic E-state index is 13.6. The Hall–Kier alpha value is -2.58. The van der Waals surface area contributed by atoms with Gasteiger partial charge in [-0.15, -0.1) is 0 Å². The minimum Gasteiger partial charge on any atom is -1.00 e. The van der Waals surface area contributed by atoms with Gasteiger partial charge in [-0.05, 0) is 41.5 Å². The first kappa shape index (κ1) is 29.6. The van der Waals surface area contributed by atoms with Crippen molar-refractivity contribution in [3.8, 4) is 17.2 Å². The van der Waals surface area contributed by atoms with Crippen LogP contribution >= 0.6 is 0 Å². The molecule has 1 aliphatic heterocycles. The Labute approximate surface area is 223 Å². The Bertz CT molecular complexity index is 1050. The third-order valence-electron chi connectivity index (χ3n) is 6.32. The summed E-state index contributed by atoms with van der Waals surface area (Å²) in [4.78, 5) is 4.73. The van der Waals surface area contributed by atoms with Gasteiger partial charge < -0.3 is 39.0 Å². The van der Waals surface area contributed by atoms with Crippen LogP contribution in [-0.2, 0) is 6.54 Å². The van der Waals surface area contributed by atoms with E-state index in [2.05, 4.69) is 9.80 Å². The molecule has 196 valence electrons. The van der Waals surface area contributed by atoms with Crippen molar-refractivity contribution >= 4 is 0 Å². The van der Waals surface area contributed by atoms with Crippen LogP contribution in [0.15, 0.2) is 60.7 Å². The SMILES string of the molecule is COc1ccc(CN2CCN(C(c3ccc(F)cc3)c3ccc(F)cc3)CC2)c(OC)c1OC.[Cl-].[Cl-]. The topological polar surface area (TPSA) is 34.2 Å². The number of methoxy groups -OCH3 is 3. The van der Waals surface area contributed by atoms with Crippen molar-refractivity contribution in [3.05, 3.63) is 89.0 Å². The molecule has 0 radical (unpaired) electrons. The highest BCUT2D eigenvalue weighted by atomic mass is 35.5. The van der Waals surface area contributed by atoms with E-state index in [1.54, 1.807) is 21.3 Å². The largest absolute Gasteiger partial charge is 1.00 e. The molecule has 0 aromatic heterocycles. The molecule has 1 heterocycles. The quantitative estimate of drug-likeness (QED) is 0.364. The van der Waals surface area contributed by atoms with Crippen LogP contribution in [-0.4, -0.2) is 57.3 Å². The molecule has 9 heteroatoms. The predicted octanol–water partition coefficient (Wildman–Crippen LogP) is -1.09. The summed E-state index contributed by atoms with van der Waals surface area (Å²) in [5.74, 6) is 1.37. The van der Waals surface area contributed by atoms with Gasteiger partial charge in [0.05, 0.1) is 27.4 Å². The summed E-state index contributed by atoms with van der Waals surface area (Å²) >= 11 is 0. The van der Waals surface area contributed by atoms with E-state index in [9.17, 15) is 8.78 Å². The first-order valence-corrected chi connectivity index (χ1v) is 11.3. The van der Waals surface area contributed by atoms with E-state index < -0.39 is 0 Å². The van der Waals surface area contributed by atoms with Crippen LogP contribution in [0.5, 0.6) is 17.2 Å². The lowest BCUT2D eigenvalue weighted by Gasteiger charge is -2.40. The summed E-state index contributed by atoms with van der Waals surface area (Å²) in [5.41, 5.74) is 3.01. The van der Waals surface area contributed by atoms with Gasteiger partial charge in [0, 0.05) is 38.3 Å². The van der Waals surface area contributed by atoms with Crippen molar-refractivity contribution in [3.63, 3.8) is 0 Å². The molecule has 0 saturated carbocycles. The van der Waals surface area contributed by atoms with Crippen molar-refractivity contribution in [1.82, 2.24) is 9.80 Å². The molecule has 0 bridgehead atoms. The minimum absolute atomic E-state index is 0. The molecule has 4 rings (SSSR count). The number of ether oxygens (including phenoxy) is 3. The van der Waals surface area contributed by atoms with Crippen LogP contribution in [0.25, 0.3) is 0 Å². The van der Waals surface area contributed by atoms with Gasteiger partial charge in [-0.25, -0.2) is 8.78 Å². The van der Waals surface area contributed by atoms with Gasteiger partial charge >= 0.3 is 0 Å². The van der Waals surface area contributed by atoms with E-state index in [-0.39, 0.29) is 42.5 Å². The van der Waals surface area contributed by atoms with Crippen molar-refractivity contribution in [2.24, 2.45) is 0 Å². The Morgan fingerprint density at radius 1 is 0.667 bits per heavy atom. The molecule has 0 unspecified atom stereocenters. The Balaban J connectivity index is 0.00000228. The molecule has 3 aromatic rings. The molecular weight excluding hydrogens is 509 g/mol. The summed E-state index contributed by atoms with van der Waals surface area (Å²) in [6.45, 7) is 4.03. The second kappa shape index (κ2) is 13.7. The van der Waals surface area contributed by atoms with Crippen molar-refractivity contribution in [2.45, 2.75) is 12.6 Å². The predicted molar refractivity (Wildman–Crippen MR) is 128 cm³/mol. The number of benzene rings is 3. The average molecular weight is 539 g/mol. The van der Waals surface area contributed by atoms with Gasteiger partial charge in [0.2, 0.25) is 5.75 Å². The molecule has 1 aliphatic rings. The van der Waals surface area contributed by atoms with Crippen LogP contribution in [0.3, 0.4) is 0 Å². The smallest absolute Gasteiger partial charge is 0.203 e. The molecule has 0 atom stereocenters. The fourth-order valence-electron chi connectivity index (χ4n) is 4.61. The second-order valence-electron chi connectivity index (χ2n) is 8.31. The van der Waals surface area contributed by atoms with Crippen LogP contribution in [0.2, 0.25) is 0 Å². The molecule has 1 fully saturated rings. The third-order valence-corrected chi connectivity index (χ3v) is 6.32. The summed E-state index contributed by atoms with van der Waals surface area (Å²) in [6.07, 6.45) is 0. The third kappa shape index (κ3) is 6.59. The Morgan fingerprint density at radius 3 is 1.61 bits per heavy atom. The highest BCUT2D eigenvalue weighted by Crippen LogP contribution is 2.40. The first-order chi connectivity index (χ1) is 16.5. The fraction of sp³-hybridized carbons (Fsp3) is 0.333. The van der Waals surface area contributed by atoms with Gasteiger partial charge in [-0.3, -0.25) is 9.80 Å². The van der Waals surface area contributed by atoms with E-state index in [1.165, 1.54) is 24.3 Å². The van der Waals surface area contributed by atoms with E-state index in [1.807, 2.05) is 36.4 Å². The molecule has 0 spiro atoms. The number of hydrogen-bond acceptors (Lipinski definition) is 5. The maximum Gasteiger partial charge on any atom is 0.203 e. The summed E-state index contributed by atoms with van der Waals surface area (Å²) in [7, 11) is 4.84. The molecule has 0 aliphatic carbocycles. The zero-order valence-corrected chi connectivity index (χ0v) is 22.0. The lowest BCUT2D eigenvalue weighted by Crippen LogP contribution is -3.00. The van der Waals surface area contributed by atoms with Gasteiger partial charge in [0.15, 0.2) is 11.5 Å². The van der Waals surface area contributed by atoms with E-state index in [0.717, 1.165) is 49.4 Å². The van der Waals surface area contributed by atoms with Gasteiger partial charge in [-0.1, -0.05) is 30.3 Å². The zero-order valence-electron chi connectivity index (χ0n) is 20.5. The molecule has 5 nitrogen and oxygen atoms in total. The van der Waals surface area contributed by atoms with Crippen molar-refractivity contribution < 1.29 is 47.8 Å². The highest BCUT2D eigenvalue weighted by Gasteiger charge is 2.27. The highest BCUT2D eigenvalue weighted by molar-refractivity contribution is 5.55. The second-order valence-corrected chi connectivity index (χ2v) is 8.31. The number of hydrogen-bond donors (Lipinski definition) is 0. The van der Waals surface area contributed by atoms with Gasteiger partial charge in [0.25, 0.3) is 0 Å². The normalized spacial score (nSPS) is 14.1. The standard InChI is InChI=1S/C27H30F2N2O3.2ClH/c1-32-24-13-8-21(26(33-2)27(24)34-3)18-30-14-16-31(17-15-30)25(19-4-9-22(28)10-5-19)20-6-11-23(29)12-7-20;;/h4-13,25H,14-18H2,1-3H3;2*1H/p-2. The summed E-state index contributed by atoms with van der Waals surface area (Å²) < 4.78 is 43.7. The Morgan fingerprint density at radius 2 is 1.17 bits per heavy atom. The lowest BCUT2D eigenvalue weighted by atomic mass is 9.96. The van der Waals surface area contributed by atoms with Crippen molar-refractivity contribution in [2.75, 3.05) is 47.5 Å². The number of halogens is 4. The van der Waals surface area contributed by atoms with Crippen LogP contribution in [0.4, 0.5) is 8.78 Å². The van der Waals surface area contributed by atoms with Gasteiger partial charge in [0.1, 0.15) is 11.6 Å². The fourth-order valence-corrected chi connectivity index (χ4v) is 4.61. The van der Waals surface area contributed by atoms with E-state index in [0.29, 0.717) is 17.2 Å². The maximum atomic E-state index is 13.6. The summed E-state index contributed by atoms with van der Waals surface area (Å²) in [5, 5.41) is 0. The monoisotopic (exact) mass is 538 g/mol. The van der Waals surface area contributed by atoms with Crippen LogP contribution in [0.1, 0.15) is 22.7 Å². The van der Waals surface area contributed by atoms with Crippen LogP contribution in [0, 0.1) is 11.6 Å². The molecule has 36 heavy (non-hydrogen) atoms. The average Bonchev–Trinajstić information content (AvgIpc) is 2.87. The van der Waals surface area contributed by atoms with E-state index in [4.69, 9.17) is 14.2 Å². The molecular formula is C27H30Cl2F2N2O3-2. The number of piperazine rings is 1. The molecule has 0 N–H and O–H groups in total. The number of nitrogens with zero attached hydrogens (tertiary/aromatic N) is 2. The van der Waals surface area contributed by atoms with Crippen LogP contribution < -0.4 is 39.0 Å². The molecule has 3 aromatic carbocycles. The molecule has 0 amide bonds.